The lowest BCUT2D eigenvalue weighted by Gasteiger charge is -2.19. The Hall–Kier alpha value is -4.57. The van der Waals surface area contributed by atoms with Gasteiger partial charge in [-0.25, -0.2) is 0 Å². The molecule has 0 amide bonds. The molecular formula is C38H37NO3. The largest absolute Gasteiger partial charge is 0.497 e. The van der Waals surface area contributed by atoms with E-state index >= 15 is 0 Å². The molecule has 0 aliphatic heterocycles. The zero-order valence-electron chi connectivity index (χ0n) is 24.8. The summed E-state index contributed by atoms with van der Waals surface area (Å²) < 4.78 is 13.8. The summed E-state index contributed by atoms with van der Waals surface area (Å²) >= 11 is 0. The molecule has 5 aromatic carbocycles. The number of methoxy groups -OCH3 is 1. The third-order valence-corrected chi connectivity index (χ3v) is 7.97. The van der Waals surface area contributed by atoms with Crippen LogP contribution in [0.25, 0.3) is 54.8 Å². The van der Waals surface area contributed by atoms with E-state index in [0.717, 1.165) is 30.5 Å². The van der Waals surface area contributed by atoms with Crippen LogP contribution in [0.4, 0.5) is 0 Å². The van der Waals surface area contributed by atoms with Gasteiger partial charge in [0.05, 0.1) is 24.6 Å². The summed E-state index contributed by atoms with van der Waals surface area (Å²) in [5.74, 6) is 0.682. The first kappa shape index (κ1) is 27.6. The Morgan fingerprint density at radius 1 is 0.714 bits per heavy atom. The molecule has 0 unspecified atom stereocenters. The van der Waals surface area contributed by atoms with Crippen LogP contribution in [-0.4, -0.2) is 24.3 Å². The molecule has 0 saturated carbocycles. The van der Waals surface area contributed by atoms with Crippen molar-refractivity contribution >= 4 is 38.5 Å². The molecular weight excluding hydrogens is 518 g/mol. The van der Waals surface area contributed by atoms with E-state index in [9.17, 15) is 4.79 Å². The maximum Gasteiger partial charge on any atom is 0.311 e. The highest BCUT2D eigenvalue weighted by Crippen LogP contribution is 2.48. The minimum Gasteiger partial charge on any atom is -0.497 e. The Balaban J connectivity index is 1.61. The van der Waals surface area contributed by atoms with E-state index in [1.165, 1.54) is 49.4 Å². The summed E-state index contributed by atoms with van der Waals surface area (Å²) in [5.41, 5.74) is 6.73. The van der Waals surface area contributed by atoms with Gasteiger partial charge in [-0.1, -0.05) is 78.9 Å². The fraction of sp³-hybridized carbons (Fsp3) is 0.237. The van der Waals surface area contributed by atoms with Crippen LogP contribution < -0.4 is 4.74 Å². The van der Waals surface area contributed by atoms with Crippen LogP contribution in [0.5, 0.6) is 5.75 Å². The molecule has 1 aromatic heterocycles. The fourth-order valence-corrected chi connectivity index (χ4v) is 5.94. The van der Waals surface area contributed by atoms with Crippen LogP contribution in [0.1, 0.15) is 33.6 Å². The van der Waals surface area contributed by atoms with E-state index in [4.69, 9.17) is 9.47 Å². The van der Waals surface area contributed by atoms with E-state index in [2.05, 4.69) is 108 Å². The van der Waals surface area contributed by atoms with Crippen LogP contribution in [0, 0.1) is 5.41 Å². The Bertz CT molecular complexity index is 1880. The first-order valence-corrected chi connectivity index (χ1v) is 14.7. The molecule has 0 bridgehead atoms. The number of para-hydroxylation sites is 1. The van der Waals surface area contributed by atoms with Gasteiger partial charge < -0.3 is 14.0 Å². The Kier molecular flexibility index (Phi) is 7.47. The van der Waals surface area contributed by atoms with Gasteiger partial charge in [-0.2, -0.15) is 0 Å². The molecule has 0 spiro atoms. The van der Waals surface area contributed by atoms with E-state index in [-0.39, 0.29) is 5.97 Å². The van der Waals surface area contributed by atoms with E-state index < -0.39 is 5.41 Å². The van der Waals surface area contributed by atoms with Crippen molar-refractivity contribution < 1.29 is 14.3 Å². The number of rotatable bonds is 8. The van der Waals surface area contributed by atoms with Crippen LogP contribution in [0.2, 0.25) is 0 Å². The standard InChI is InChI=1S/C38H37NO3/c1-38(2,3)37(40)42-24-14-13-23-39-32-20-12-11-19-30(32)35-34(27-17-9-6-10-18-27)33(26-15-7-5-8-16-26)31-25-28(41-4)21-22-29(31)36(35)39/h5-12,15-22,25H,13-14,23-24H2,1-4H3. The first-order chi connectivity index (χ1) is 20.4. The van der Waals surface area contributed by atoms with Gasteiger partial charge in [-0.15, -0.1) is 0 Å². The molecule has 212 valence electrons. The van der Waals surface area contributed by atoms with Gasteiger partial charge in [0, 0.05) is 33.8 Å². The molecule has 4 heteroatoms. The number of unbranched alkanes of at least 4 members (excludes halogenated alkanes) is 1. The zero-order valence-corrected chi connectivity index (χ0v) is 24.8. The van der Waals surface area contributed by atoms with Crippen molar-refractivity contribution in [2.45, 2.75) is 40.2 Å². The molecule has 0 fully saturated rings. The number of aromatic nitrogens is 1. The van der Waals surface area contributed by atoms with Gasteiger partial charge in [0.1, 0.15) is 5.75 Å². The molecule has 0 N–H and O–H groups in total. The average Bonchev–Trinajstić information content (AvgIpc) is 3.34. The van der Waals surface area contributed by atoms with Crippen LogP contribution in [-0.2, 0) is 16.1 Å². The second-order valence-electron chi connectivity index (χ2n) is 11.9. The van der Waals surface area contributed by atoms with Crippen LogP contribution in [0.3, 0.4) is 0 Å². The van der Waals surface area contributed by atoms with Crippen molar-refractivity contribution in [2.24, 2.45) is 5.41 Å². The van der Waals surface area contributed by atoms with E-state index in [1.807, 2.05) is 20.8 Å². The van der Waals surface area contributed by atoms with Crippen LogP contribution in [0.15, 0.2) is 103 Å². The highest BCUT2D eigenvalue weighted by molar-refractivity contribution is 6.28. The highest BCUT2D eigenvalue weighted by Gasteiger charge is 2.24. The Morgan fingerprint density at radius 3 is 2.02 bits per heavy atom. The van der Waals surface area contributed by atoms with Gasteiger partial charge in [-0.3, -0.25) is 4.79 Å². The number of hydrogen-bond acceptors (Lipinski definition) is 3. The third-order valence-electron chi connectivity index (χ3n) is 7.97. The molecule has 0 aliphatic rings. The maximum absolute atomic E-state index is 12.3. The molecule has 0 aliphatic carbocycles. The quantitative estimate of drug-likeness (QED) is 0.139. The maximum atomic E-state index is 12.3. The molecule has 6 rings (SSSR count). The lowest BCUT2D eigenvalue weighted by Crippen LogP contribution is -2.23. The van der Waals surface area contributed by atoms with Crippen molar-refractivity contribution in [1.29, 1.82) is 0 Å². The summed E-state index contributed by atoms with van der Waals surface area (Å²) in [7, 11) is 1.73. The summed E-state index contributed by atoms with van der Waals surface area (Å²) in [4.78, 5) is 12.3. The molecule has 42 heavy (non-hydrogen) atoms. The molecule has 6 aromatic rings. The molecule has 0 atom stereocenters. The predicted octanol–water partition coefficient (Wildman–Crippen LogP) is 9.66. The summed E-state index contributed by atoms with van der Waals surface area (Å²) in [5, 5.41) is 4.85. The summed E-state index contributed by atoms with van der Waals surface area (Å²) in [6.07, 6.45) is 1.69. The van der Waals surface area contributed by atoms with E-state index in [0.29, 0.717) is 6.61 Å². The number of fused-ring (bicyclic) bond motifs is 5. The average molecular weight is 556 g/mol. The smallest absolute Gasteiger partial charge is 0.311 e. The number of benzene rings is 5. The van der Waals surface area contributed by atoms with Crippen molar-refractivity contribution in [1.82, 2.24) is 4.57 Å². The topological polar surface area (TPSA) is 40.5 Å². The lowest BCUT2D eigenvalue weighted by atomic mass is 9.86. The number of ether oxygens (including phenoxy) is 2. The van der Waals surface area contributed by atoms with Crippen molar-refractivity contribution in [3.05, 3.63) is 103 Å². The lowest BCUT2D eigenvalue weighted by molar-refractivity contribution is -0.153. The highest BCUT2D eigenvalue weighted by atomic mass is 16.5. The van der Waals surface area contributed by atoms with Gasteiger partial charge in [0.15, 0.2) is 0 Å². The molecule has 4 nitrogen and oxygen atoms in total. The first-order valence-electron chi connectivity index (χ1n) is 14.7. The third kappa shape index (κ3) is 5.02. The van der Waals surface area contributed by atoms with E-state index in [1.54, 1.807) is 7.11 Å². The Morgan fingerprint density at radius 2 is 1.36 bits per heavy atom. The number of carbonyl (C=O) groups is 1. The van der Waals surface area contributed by atoms with Crippen molar-refractivity contribution in [2.75, 3.05) is 13.7 Å². The van der Waals surface area contributed by atoms with Crippen molar-refractivity contribution in [3.63, 3.8) is 0 Å². The van der Waals surface area contributed by atoms with Gasteiger partial charge in [0.2, 0.25) is 0 Å². The monoisotopic (exact) mass is 555 g/mol. The summed E-state index contributed by atoms with van der Waals surface area (Å²) in [6, 6.07) is 36.6. The SMILES string of the molecule is COc1ccc2c(c1)c(-c1ccccc1)c(-c1ccccc1)c1c3ccccc3n(CCCCOC(=O)C(C)(C)C)c21. The Labute approximate surface area is 247 Å². The number of aryl methyl sites for hydroxylation is 1. The zero-order chi connectivity index (χ0) is 29.3. The van der Waals surface area contributed by atoms with Gasteiger partial charge >= 0.3 is 5.97 Å². The number of carbonyl (C=O) groups excluding carboxylic acids is 1. The predicted molar refractivity (Wildman–Crippen MR) is 174 cm³/mol. The number of hydrogen-bond donors (Lipinski definition) is 0. The fourth-order valence-electron chi connectivity index (χ4n) is 5.94. The second kappa shape index (κ2) is 11.4. The van der Waals surface area contributed by atoms with Gasteiger partial charge in [-0.05, 0) is 80.0 Å². The minimum atomic E-state index is -0.489. The van der Waals surface area contributed by atoms with Crippen LogP contribution >= 0.6 is 0 Å². The van der Waals surface area contributed by atoms with Gasteiger partial charge in [0.25, 0.3) is 0 Å². The number of nitrogens with zero attached hydrogens (tertiary/aromatic N) is 1. The van der Waals surface area contributed by atoms with Crippen molar-refractivity contribution in [3.8, 4) is 28.0 Å². The minimum absolute atomic E-state index is 0.153. The summed E-state index contributed by atoms with van der Waals surface area (Å²) in [6.45, 7) is 6.92. The molecule has 0 saturated heterocycles. The molecule has 1 heterocycles. The number of esters is 1. The molecule has 0 radical (unpaired) electrons. The second-order valence-corrected chi connectivity index (χ2v) is 11.9. The normalized spacial score (nSPS) is 11.8.